The zero-order valence-corrected chi connectivity index (χ0v) is 16.6. The van der Waals surface area contributed by atoms with Crippen LogP contribution in [0.4, 0.5) is 8.78 Å². The molecule has 1 aromatic carbocycles. The standard InChI is InChI=1S/C15H12B4F2O9S/c16-1-6-7(2-17)10(11(13(23)24)12(19)8(6)3-18)14(25)29-4-9(22)30-5-15(20,21)31(26,27)28/h1-5H2,(H,23,24)(H,26,27,28). The first-order valence-electron chi connectivity index (χ1n) is 8.20. The second-order valence-electron chi connectivity index (χ2n) is 5.87. The average Bonchev–Trinajstić information content (AvgIpc) is 2.67. The van der Waals surface area contributed by atoms with Crippen LogP contribution in [0.3, 0.4) is 0 Å². The topological polar surface area (TPSA) is 144 Å². The van der Waals surface area contributed by atoms with Crippen LogP contribution in [0.15, 0.2) is 0 Å². The predicted octanol–water partition coefficient (Wildman–Crippen LogP) is -1.64. The Morgan fingerprint density at radius 2 is 1.45 bits per heavy atom. The maximum Gasteiger partial charge on any atom is 0.402 e. The molecular weight excluding hydrogens is 437 g/mol. The molecule has 8 radical (unpaired) electrons. The summed E-state index contributed by atoms with van der Waals surface area (Å²) in [6.07, 6.45) is -0.846. The molecule has 0 saturated carbocycles. The molecule has 0 aliphatic carbocycles. The van der Waals surface area contributed by atoms with Gasteiger partial charge in [0.15, 0.2) is 13.2 Å². The Kier molecular flexibility index (Phi) is 8.88. The Bertz CT molecular complexity index is 999. The number of ether oxygens (including phenoxy) is 2. The Balaban J connectivity index is 3.20. The van der Waals surface area contributed by atoms with Crippen LogP contribution in [-0.2, 0) is 43.3 Å². The van der Waals surface area contributed by atoms with Gasteiger partial charge in [-0.15, -0.1) is 0 Å². The maximum absolute atomic E-state index is 13.1. The first kappa shape index (κ1) is 26.7. The van der Waals surface area contributed by atoms with Crippen molar-refractivity contribution in [1.82, 2.24) is 0 Å². The van der Waals surface area contributed by atoms with Gasteiger partial charge in [0.2, 0.25) is 0 Å². The van der Waals surface area contributed by atoms with E-state index >= 15 is 0 Å². The summed E-state index contributed by atoms with van der Waals surface area (Å²) in [7, 11) is 16.8. The summed E-state index contributed by atoms with van der Waals surface area (Å²) >= 11 is 0. The third kappa shape index (κ3) is 5.88. The predicted molar refractivity (Wildman–Crippen MR) is 105 cm³/mol. The largest absolute Gasteiger partial charge is 0.478 e. The van der Waals surface area contributed by atoms with Gasteiger partial charge < -0.3 is 14.6 Å². The number of carbonyl (C=O) groups is 3. The lowest BCUT2D eigenvalue weighted by atomic mass is 9.70. The molecule has 0 aliphatic heterocycles. The molecule has 0 heterocycles. The molecule has 2 N–H and O–H groups in total. The highest BCUT2D eigenvalue weighted by atomic mass is 32.2. The lowest BCUT2D eigenvalue weighted by Gasteiger charge is -2.22. The Morgan fingerprint density at radius 3 is 1.87 bits per heavy atom. The van der Waals surface area contributed by atoms with E-state index in [1.54, 1.807) is 0 Å². The number of carbonyl (C=O) groups excluding carboxylic acids is 2. The molecule has 0 atom stereocenters. The Morgan fingerprint density at radius 1 is 0.935 bits per heavy atom. The molecule has 0 unspecified atom stereocenters. The highest BCUT2D eigenvalue weighted by Gasteiger charge is 2.45. The highest BCUT2D eigenvalue weighted by Crippen LogP contribution is 2.24. The van der Waals surface area contributed by atoms with Crippen LogP contribution in [-0.4, -0.2) is 85.8 Å². The monoisotopic (exact) mass is 450 g/mol. The third-order valence-electron chi connectivity index (χ3n) is 4.00. The fourth-order valence-electron chi connectivity index (χ4n) is 2.56. The fourth-order valence-corrected chi connectivity index (χ4v) is 2.77. The van der Waals surface area contributed by atoms with Crippen molar-refractivity contribution in [2.24, 2.45) is 0 Å². The van der Waals surface area contributed by atoms with E-state index in [2.05, 4.69) is 9.47 Å². The smallest absolute Gasteiger partial charge is 0.402 e. The molecule has 0 bridgehead atoms. The van der Waals surface area contributed by atoms with Crippen molar-refractivity contribution in [2.75, 3.05) is 13.2 Å². The van der Waals surface area contributed by atoms with Crippen molar-refractivity contribution in [3.63, 3.8) is 0 Å². The average molecular weight is 450 g/mol. The zero-order chi connectivity index (χ0) is 24.1. The summed E-state index contributed by atoms with van der Waals surface area (Å²) in [5.41, 5.74) is -1.45. The third-order valence-corrected chi connectivity index (χ3v) is 4.88. The molecule has 0 amide bonds. The molecule has 31 heavy (non-hydrogen) atoms. The van der Waals surface area contributed by atoms with Gasteiger partial charge in [0.1, 0.15) is 7.85 Å². The Hall–Kier alpha value is -2.34. The quantitative estimate of drug-likeness (QED) is 0.244. The van der Waals surface area contributed by atoms with Crippen LogP contribution in [0.1, 0.15) is 37.4 Å². The number of alkyl halides is 2. The van der Waals surface area contributed by atoms with E-state index in [1.165, 1.54) is 0 Å². The summed E-state index contributed by atoms with van der Waals surface area (Å²) in [4.78, 5) is 35.7. The van der Waals surface area contributed by atoms with E-state index in [-0.39, 0.29) is 34.8 Å². The van der Waals surface area contributed by atoms with E-state index in [9.17, 15) is 36.7 Å². The molecule has 9 nitrogen and oxygen atoms in total. The summed E-state index contributed by atoms with van der Waals surface area (Å²) in [5, 5.41) is 4.68. The van der Waals surface area contributed by atoms with Crippen LogP contribution < -0.4 is 5.46 Å². The number of halogens is 2. The van der Waals surface area contributed by atoms with Gasteiger partial charge >= 0.3 is 33.3 Å². The molecule has 0 saturated heterocycles. The van der Waals surface area contributed by atoms with E-state index in [1.807, 2.05) is 0 Å². The molecule has 0 aliphatic rings. The van der Waals surface area contributed by atoms with E-state index < -0.39 is 63.9 Å². The van der Waals surface area contributed by atoms with Gasteiger partial charge in [0.05, 0.1) is 34.7 Å². The molecule has 1 aromatic rings. The van der Waals surface area contributed by atoms with Gasteiger partial charge in [0, 0.05) is 0 Å². The van der Waals surface area contributed by atoms with Gasteiger partial charge in [-0.05, 0) is 5.56 Å². The summed E-state index contributed by atoms with van der Waals surface area (Å²) in [6.45, 7) is -3.36. The van der Waals surface area contributed by atoms with Gasteiger partial charge in [0.25, 0.3) is 0 Å². The summed E-state index contributed by atoms with van der Waals surface area (Å²) in [5.74, 6) is -4.68. The van der Waals surface area contributed by atoms with Crippen LogP contribution in [0.2, 0.25) is 0 Å². The van der Waals surface area contributed by atoms with Crippen molar-refractivity contribution in [3.05, 3.63) is 27.8 Å². The van der Waals surface area contributed by atoms with Crippen LogP contribution in [0, 0.1) is 0 Å². The van der Waals surface area contributed by atoms with Crippen LogP contribution >= 0.6 is 0 Å². The van der Waals surface area contributed by atoms with E-state index in [0.29, 0.717) is 0 Å². The van der Waals surface area contributed by atoms with Crippen LogP contribution in [0.5, 0.6) is 0 Å². The number of carboxylic acids is 1. The number of esters is 2. The summed E-state index contributed by atoms with van der Waals surface area (Å²) in [6, 6.07) is 0. The molecule has 0 spiro atoms. The first-order chi connectivity index (χ1) is 14.2. The van der Waals surface area contributed by atoms with Crippen molar-refractivity contribution in [3.8, 4) is 0 Å². The van der Waals surface area contributed by atoms with Gasteiger partial charge in [-0.1, -0.05) is 35.6 Å². The fraction of sp³-hybridized carbons (Fsp3) is 0.400. The number of hydrogen-bond acceptors (Lipinski definition) is 7. The summed E-state index contributed by atoms with van der Waals surface area (Å²) < 4.78 is 63.9. The Labute approximate surface area is 181 Å². The number of benzene rings is 1. The molecule has 158 valence electrons. The van der Waals surface area contributed by atoms with Gasteiger partial charge in [-0.3, -0.25) is 4.55 Å². The van der Waals surface area contributed by atoms with Crippen molar-refractivity contribution in [2.45, 2.75) is 24.2 Å². The zero-order valence-electron chi connectivity index (χ0n) is 15.8. The van der Waals surface area contributed by atoms with E-state index in [4.69, 9.17) is 35.9 Å². The lowest BCUT2D eigenvalue weighted by Crippen LogP contribution is -2.35. The number of rotatable bonds is 10. The number of aromatic carboxylic acids is 1. The highest BCUT2D eigenvalue weighted by molar-refractivity contribution is 7.86. The van der Waals surface area contributed by atoms with Crippen molar-refractivity contribution >= 4 is 64.9 Å². The minimum absolute atomic E-state index is 0.0641. The number of hydrogen-bond donors (Lipinski definition) is 2. The molecule has 1 rings (SSSR count). The van der Waals surface area contributed by atoms with Crippen LogP contribution in [0.25, 0.3) is 0 Å². The number of carboxylic acid groups (broad SMARTS) is 1. The minimum Gasteiger partial charge on any atom is -0.478 e. The first-order valence-corrected chi connectivity index (χ1v) is 9.64. The maximum atomic E-state index is 13.1. The molecule has 0 aromatic heterocycles. The molecular formula is C15H12B4F2O9S. The van der Waals surface area contributed by atoms with Crippen molar-refractivity contribution in [1.29, 1.82) is 0 Å². The van der Waals surface area contributed by atoms with E-state index in [0.717, 1.165) is 0 Å². The SMILES string of the molecule is [B]Cc1c([B])c(C(=O)O)c(C(=O)OCC(=O)OCC(F)(F)S(=O)(=O)O)c(C[B])c1C[B]. The van der Waals surface area contributed by atoms with Gasteiger partial charge in [-0.25, -0.2) is 14.4 Å². The van der Waals surface area contributed by atoms with Gasteiger partial charge in [-0.2, -0.15) is 17.2 Å². The molecule has 0 fully saturated rings. The second kappa shape index (κ2) is 10.3. The minimum atomic E-state index is -5.85. The molecule has 16 heteroatoms. The lowest BCUT2D eigenvalue weighted by molar-refractivity contribution is -0.153. The van der Waals surface area contributed by atoms with Crippen molar-refractivity contribution < 1.29 is 50.7 Å². The normalized spacial score (nSPS) is 11.7. The second-order valence-corrected chi connectivity index (χ2v) is 7.41.